The number of hydrogen-bond donors (Lipinski definition) is 1. The van der Waals surface area contributed by atoms with Crippen LogP contribution in [-0.4, -0.2) is 14.3 Å². The van der Waals surface area contributed by atoms with Gasteiger partial charge in [-0.1, -0.05) is 11.8 Å². The van der Waals surface area contributed by atoms with Gasteiger partial charge < -0.3 is 5.11 Å². The molecule has 0 aliphatic carbocycles. The van der Waals surface area contributed by atoms with Gasteiger partial charge in [-0.05, 0) is 32.0 Å². The number of aromatic hydroxyl groups is 1. The number of aromatic nitrogens is 1. The summed E-state index contributed by atoms with van der Waals surface area (Å²) in [4.78, 5) is 4.43. The predicted octanol–water partition coefficient (Wildman–Crippen LogP) is 4.07. The number of alkyl halides is 1. The number of thiazole rings is 1. The number of halogens is 1. The highest BCUT2D eigenvalue weighted by Crippen LogP contribution is 2.40. The maximum atomic E-state index is 9.32. The second-order valence-electron chi connectivity index (χ2n) is 3.60. The third-order valence-electron chi connectivity index (χ3n) is 1.68. The Hall–Kier alpha value is -0.450. The van der Waals surface area contributed by atoms with Crippen LogP contribution < -0.4 is 0 Å². The molecule has 2 aromatic rings. The van der Waals surface area contributed by atoms with Crippen LogP contribution in [-0.2, 0) is 0 Å². The van der Waals surface area contributed by atoms with Crippen molar-refractivity contribution in [1.82, 2.24) is 4.98 Å². The molecule has 2 nitrogen and oxygen atoms in total. The second-order valence-corrected chi connectivity index (χ2v) is 7.67. The quantitative estimate of drug-likeness (QED) is 0.652. The molecule has 0 unspecified atom stereocenters. The van der Waals surface area contributed by atoms with Crippen molar-refractivity contribution in [2.45, 2.75) is 22.4 Å². The molecule has 0 saturated carbocycles. The van der Waals surface area contributed by atoms with E-state index in [0.717, 1.165) is 14.6 Å². The van der Waals surface area contributed by atoms with Gasteiger partial charge in [0.05, 0.1) is 14.4 Å². The lowest BCUT2D eigenvalue weighted by atomic mass is 10.3. The third kappa shape index (κ3) is 2.77. The van der Waals surface area contributed by atoms with Crippen molar-refractivity contribution in [2.75, 3.05) is 0 Å². The lowest BCUT2D eigenvalue weighted by Gasteiger charge is -2.11. The van der Waals surface area contributed by atoms with E-state index in [1.165, 1.54) is 11.8 Å². The lowest BCUT2D eigenvalue weighted by molar-refractivity contribution is 0.476. The highest BCUT2D eigenvalue weighted by molar-refractivity contribution is 8.03. The number of benzene rings is 1. The van der Waals surface area contributed by atoms with Crippen molar-refractivity contribution in [1.29, 1.82) is 0 Å². The number of phenols is 1. The van der Waals surface area contributed by atoms with Crippen LogP contribution >= 0.6 is 34.7 Å². The first kappa shape index (κ1) is 11.0. The van der Waals surface area contributed by atoms with Crippen molar-refractivity contribution in [2.24, 2.45) is 0 Å². The summed E-state index contributed by atoms with van der Waals surface area (Å²) in [6, 6.07) is 5.17. The van der Waals surface area contributed by atoms with Crippen LogP contribution in [0.1, 0.15) is 13.8 Å². The molecule has 80 valence electrons. The summed E-state index contributed by atoms with van der Waals surface area (Å²) >= 11 is 9.18. The van der Waals surface area contributed by atoms with Crippen molar-refractivity contribution in [3.63, 3.8) is 0 Å². The van der Waals surface area contributed by atoms with Gasteiger partial charge >= 0.3 is 0 Å². The Kier molecular flexibility index (Phi) is 2.83. The summed E-state index contributed by atoms with van der Waals surface area (Å²) in [7, 11) is 0. The largest absolute Gasteiger partial charge is 0.508 e. The zero-order chi connectivity index (χ0) is 11.1. The van der Waals surface area contributed by atoms with Gasteiger partial charge in [0.15, 0.2) is 4.34 Å². The molecule has 2 rings (SSSR count). The topological polar surface area (TPSA) is 33.1 Å². The molecule has 0 saturated heterocycles. The SMILES string of the molecule is CC(C)(Cl)Sc1nc2ccc(O)cc2s1. The van der Waals surface area contributed by atoms with Gasteiger partial charge in [-0.15, -0.1) is 22.9 Å². The third-order valence-corrected chi connectivity index (χ3v) is 3.98. The van der Waals surface area contributed by atoms with Gasteiger partial charge in [-0.3, -0.25) is 0 Å². The molecule has 5 heteroatoms. The summed E-state index contributed by atoms with van der Waals surface area (Å²) in [5.74, 6) is 0.271. The molecule has 0 atom stereocenters. The normalized spacial score (nSPS) is 12.2. The van der Waals surface area contributed by atoms with Crippen LogP contribution in [0.5, 0.6) is 5.75 Å². The predicted molar refractivity (Wildman–Crippen MR) is 67.1 cm³/mol. The Morgan fingerprint density at radius 2 is 2.20 bits per heavy atom. The van der Waals surface area contributed by atoms with Gasteiger partial charge in [-0.25, -0.2) is 4.98 Å². The fourth-order valence-corrected chi connectivity index (χ4v) is 3.85. The number of thioether (sulfide) groups is 1. The Balaban J connectivity index is 2.39. The fraction of sp³-hybridized carbons (Fsp3) is 0.300. The van der Waals surface area contributed by atoms with E-state index in [1.807, 2.05) is 19.9 Å². The average molecular weight is 260 g/mol. The number of rotatable bonds is 2. The summed E-state index contributed by atoms with van der Waals surface area (Å²) in [6.07, 6.45) is 0. The van der Waals surface area contributed by atoms with Crippen LogP contribution in [0.15, 0.2) is 22.5 Å². The summed E-state index contributed by atoms with van der Waals surface area (Å²) in [6.45, 7) is 3.87. The highest BCUT2D eigenvalue weighted by Gasteiger charge is 2.17. The zero-order valence-corrected chi connectivity index (χ0v) is 10.7. The molecule has 1 aromatic heterocycles. The minimum absolute atomic E-state index is 0.271. The minimum atomic E-state index is -0.351. The van der Waals surface area contributed by atoms with Gasteiger partial charge in [0.1, 0.15) is 5.75 Å². The highest BCUT2D eigenvalue weighted by atomic mass is 35.5. The van der Waals surface area contributed by atoms with Gasteiger partial charge in [0, 0.05) is 0 Å². The summed E-state index contributed by atoms with van der Waals surface area (Å²) in [5.41, 5.74) is 0.904. The first-order valence-corrected chi connectivity index (χ1v) is 6.43. The van der Waals surface area contributed by atoms with Crippen molar-refractivity contribution < 1.29 is 5.11 Å². The maximum absolute atomic E-state index is 9.32. The molecule has 0 amide bonds. The Labute approximate surface area is 101 Å². The first-order chi connectivity index (χ1) is 6.94. The second kappa shape index (κ2) is 3.85. The van der Waals surface area contributed by atoms with E-state index in [-0.39, 0.29) is 9.96 Å². The minimum Gasteiger partial charge on any atom is -0.508 e. The average Bonchev–Trinajstić information content (AvgIpc) is 2.42. The number of fused-ring (bicyclic) bond motifs is 1. The maximum Gasteiger partial charge on any atom is 0.152 e. The van der Waals surface area contributed by atoms with E-state index in [2.05, 4.69) is 4.98 Å². The van der Waals surface area contributed by atoms with Crippen molar-refractivity contribution in [3.05, 3.63) is 18.2 Å². The molecule has 1 N–H and O–H groups in total. The molecule has 0 aliphatic heterocycles. The molecule has 0 fully saturated rings. The number of nitrogens with zero attached hydrogens (tertiary/aromatic N) is 1. The van der Waals surface area contributed by atoms with Crippen molar-refractivity contribution >= 4 is 44.9 Å². The van der Waals surface area contributed by atoms with E-state index in [1.54, 1.807) is 23.5 Å². The summed E-state index contributed by atoms with van der Waals surface area (Å²) < 4.78 is 1.56. The van der Waals surface area contributed by atoms with Crippen LogP contribution in [0.4, 0.5) is 0 Å². The van der Waals surface area contributed by atoms with E-state index in [9.17, 15) is 5.11 Å². The van der Waals surface area contributed by atoms with E-state index < -0.39 is 0 Å². The van der Waals surface area contributed by atoms with Gasteiger partial charge in [-0.2, -0.15) is 0 Å². The molecule has 0 radical (unpaired) electrons. The molecule has 0 aliphatic rings. The van der Waals surface area contributed by atoms with Crippen LogP contribution in [0, 0.1) is 0 Å². The molecule has 1 heterocycles. The van der Waals surface area contributed by atoms with Crippen molar-refractivity contribution in [3.8, 4) is 5.75 Å². The van der Waals surface area contributed by atoms with E-state index >= 15 is 0 Å². The Morgan fingerprint density at radius 3 is 2.87 bits per heavy atom. The van der Waals surface area contributed by atoms with Crippen LogP contribution in [0.2, 0.25) is 0 Å². The van der Waals surface area contributed by atoms with Gasteiger partial charge in [0.25, 0.3) is 0 Å². The first-order valence-electron chi connectivity index (χ1n) is 4.41. The van der Waals surface area contributed by atoms with E-state index in [0.29, 0.717) is 0 Å². The molecular weight excluding hydrogens is 250 g/mol. The molecule has 0 bridgehead atoms. The number of hydrogen-bond acceptors (Lipinski definition) is 4. The fourth-order valence-electron chi connectivity index (χ4n) is 1.14. The zero-order valence-electron chi connectivity index (χ0n) is 8.32. The molecule has 1 aromatic carbocycles. The Morgan fingerprint density at radius 1 is 1.47 bits per heavy atom. The standard InChI is InChI=1S/C10H10ClNOS2/c1-10(2,11)15-9-12-7-4-3-6(13)5-8(7)14-9/h3-5,13H,1-2H3. The molecule has 15 heavy (non-hydrogen) atoms. The lowest BCUT2D eigenvalue weighted by Crippen LogP contribution is -2.01. The Bertz CT molecular complexity index is 490. The summed E-state index contributed by atoms with van der Waals surface area (Å²) in [5, 5.41) is 9.32. The van der Waals surface area contributed by atoms with Gasteiger partial charge in [0.2, 0.25) is 0 Å². The molecular formula is C10H10ClNOS2. The van der Waals surface area contributed by atoms with Crippen LogP contribution in [0.25, 0.3) is 10.2 Å². The monoisotopic (exact) mass is 259 g/mol. The van der Waals surface area contributed by atoms with Crippen LogP contribution in [0.3, 0.4) is 0 Å². The number of phenolic OH excluding ortho intramolecular Hbond substituents is 1. The van der Waals surface area contributed by atoms with E-state index in [4.69, 9.17) is 11.6 Å². The smallest absolute Gasteiger partial charge is 0.152 e. The molecule has 0 spiro atoms.